The molecule has 1 aromatic heterocycles. The van der Waals surface area contributed by atoms with Gasteiger partial charge in [0.1, 0.15) is 0 Å². The normalized spacial score (nSPS) is 9.56. The third-order valence-electron chi connectivity index (χ3n) is 0.907. The molecule has 0 bridgehead atoms. The van der Waals surface area contributed by atoms with Crippen LogP contribution in [0.2, 0.25) is 0 Å². The van der Waals surface area contributed by atoms with Crippen LogP contribution in [0.1, 0.15) is 5.56 Å². The van der Waals surface area contributed by atoms with Crippen molar-refractivity contribution in [1.29, 1.82) is 0 Å². The standard InChI is InChI=1S/C4H5N3OS/c1-3-2-5-6-7(9)4(3)8/h2,9H,1H3. The van der Waals surface area contributed by atoms with Gasteiger partial charge in [0.05, 0.1) is 6.20 Å². The van der Waals surface area contributed by atoms with Crippen molar-refractivity contribution in [2.24, 2.45) is 0 Å². The van der Waals surface area contributed by atoms with Crippen molar-refractivity contribution in [3.8, 4) is 0 Å². The summed E-state index contributed by atoms with van der Waals surface area (Å²) in [6.45, 7) is 1.66. The van der Waals surface area contributed by atoms with Gasteiger partial charge in [-0.1, -0.05) is 5.21 Å². The van der Waals surface area contributed by atoms with Crippen molar-refractivity contribution >= 4 is 12.8 Å². The Kier molecular flexibility index (Phi) is 1.52. The molecular formula is C4H5N3OS. The minimum atomic E-state index is -0.228. The van der Waals surface area contributed by atoms with Crippen LogP contribution in [0.25, 0.3) is 0 Å². The van der Waals surface area contributed by atoms with E-state index in [9.17, 15) is 4.79 Å². The first-order valence-electron chi connectivity index (χ1n) is 2.32. The molecule has 0 spiro atoms. The third kappa shape index (κ3) is 1.10. The molecule has 0 aliphatic heterocycles. The number of thiol groups is 1. The largest absolute Gasteiger partial charge is 0.282 e. The molecule has 1 heterocycles. The fourth-order valence-electron chi connectivity index (χ4n) is 0.415. The molecule has 0 atom stereocenters. The summed E-state index contributed by atoms with van der Waals surface area (Å²) in [7, 11) is 0. The van der Waals surface area contributed by atoms with Crippen LogP contribution >= 0.6 is 12.8 Å². The van der Waals surface area contributed by atoms with Gasteiger partial charge in [0, 0.05) is 5.56 Å². The molecule has 0 unspecified atom stereocenters. The summed E-state index contributed by atoms with van der Waals surface area (Å²) in [5.74, 6) is 0. The highest BCUT2D eigenvalue weighted by Gasteiger charge is 1.93. The molecule has 5 heteroatoms. The summed E-state index contributed by atoms with van der Waals surface area (Å²) in [5, 5.41) is 6.84. The van der Waals surface area contributed by atoms with E-state index >= 15 is 0 Å². The zero-order valence-electron chi connectivity index (χ0n) is 4.77. The minimum Gasteiger partial charge on any atom is -0.266 e. The zero-order chi connectivity index (χ0) is 6.85. The first-order valence-corrected chi connectivity index (χ1v) is 2.72. The maximum Gasteiger partial charge on any atom is 0.282 e. The fraction of sp³-hybridized carbons (Fsp3) is 0.250. The highest BCUT2D eigenvalue weighted by molar-refractivity contribution is 7.78. The summed E-state index contributed by atoms with van der Waals surface area (Å²) in [6, 6.07) is 0. The third-order valence-corrected chi connectivity index (χ3v) is 1.17. The Bertz CT molecular complexity index is 246. The summed E-state index contributed by atoms with van der Waals surface area (Å²) in [4.78, 5) is 10.8. The van der Waals surface area contributed by atoms with Crippen LogP contribution in [0.3, 0.4) is 0 Å². The quantitative estimate of drug-likeness (QED) is 0.504. The summed E-state index contributed by atoms with van der Waals surface area (Å²) in [5.41, 5.74) is 0.313. The van der Waals surface area contributed by atoms with E-state index in [1.165, 1.54) is 6.20 Å². The lowest BCUT2D eigenvalue weighted by Crippen LogP contribution is -2.18. The SMILES string of the molecule is Cc1cnnn(S)c1=O. The lowest BCUT2D eigenvalue weighted by atomic mass is 10.4. The molecule has 1 rings (SSSR count). The van der Waals surface area contributed by atoms with E-state index in [4.69, 9.17) is 0 Å². The van der Waals surface area contributed by atoms with E-state index < -0.39 is 0 Å². The Morgan fingerprint density at radius 2 is 2.44 bits per heavy atom. The molecule has 0 aromatic carbocycles. The second kappa shape index (κ2) is 2.18. The van der Waals surface area contributed by atoms with Crippen molar-refractivity contribution in [3.63, 3.8) is 0 Å². The second-order valence-corrected chi connectivity index (χ2v) is 1.99. The van der Waals surface area contributed by atoms with Crippen molar-refractivity contribution in [2.45, 2.75) is 6.92 Å². The Morgan fingerprint density at radius 3 is 2.89 bits per heavy atom. The summed E-state index contributed by atoms with van der Waals surface area (Å²) in [6.07, 6.45) is 1.40. The van der Waals surface area contributed by atoms with Gasteiger partial charge in [0.2, 0.25) is 0 Å². The van der Waals surface area contributed by atoms with Crippen molar-refractivity contribution in [1.82, 2.24) is 14.4 Å². The van der Waals surface area contributed by atoms with Gasteiger partial charge in [-0.05, 0) is 19.7 Å². The van der Waals surface area contributed by atoms with Crippen LogP contribution in [-0.4, -0.2) is 14.4 Å². The number of hydrogen-bond donors (Lipinski definition) is 1. The number of nitrogens with zero attached hydrogens (tertiary/aromatic N) is 3. The van der Waals surface area contributed by atoms with Crippen molar-refractivity contribution in [2.75, 3.05) is 0 Å². The molecule has 0 radical (unpaired) electrons. The molecule has 9 heavy (non-hydrogen) atoms. The fourth-order valence-corrected chi connectivity index (χ4v) is 0.619. The van der Waals surface area contributed by atoms with E-state index in [0.29, 0.717) is 5.56 Å². The monoisotopic (exact) mass is 143 g/mol. The topological polar surface area (TPSA) is 47.8 Å². The number of aryl methyl sites for hydroxylation is 1. The Labute approximate surface area is 57.1 Å². The van der Waals surface area contributed by atoms with Gasteiger partial charge in [-0.25, -0.2) is 0 Å². The second-order valence-electron chi connectivity index (χ2n) is 1.61. The Balaban J connectivity index is 3.43. The van der Waals surface area contributed by atoms with Crippen LogP contribution < -0.4 is 5.56 Å². The maximum absolute atomic E-state index is 10.8. The Hall–Kier alpha value is -0.840. The van der Waals surface area contributed by atoms with E-state index in [2.05, 4.69) is 23.1 Å². The number of aromatic nitrogens is 3. The van der Waals surface area contributed by atoms with Gasteiger partial charge >= 0.3 is 0 Å². The first kappa shape index (κ1) is 6.28. The minimum absolute atomic E-state index is 0.228. The van der Waals surface area contributed by atoms with Crippen LogP contribution in [0.4, 0.5) is 0 Å². The molecule has 0 saturated heterocycles. The van der Waals surface area contributed by atoms with Gasteiger partial charge in [-0.2, -0.15) is 4.09 Å². The van der Waals surface area contributed by atoms with Gasteiger partial charge in [0.15, 0.2) is 0 Å². The average molecular weight is 143 g/mol. The van der Waals surface area contributed by atoms with Crippen LogP contribution in [0.15, 0.2) is 11.0 Å². The number of hydrogen-bond acceptors (Lipinski definition) is 4. The van der Waals surface area contributed by atoms with Crippen LogP contribution in [0.5, 0.6) is 0 Å². The van der Waals surface area contributed by atoms with E-state index in [1.54, 1.807) is 6.92 Å². The van der Waals surface area contributed by atoms with E-state index in [0.717, 1.165) is 4.09 Å². The van der Waals surface area contributed by atoms with Gasteiger partial charge in [-0.15, -0.1) is 5.10 Å². The predicted octanol–water partition coefficient (Wildman–Crippen LogP) is -0.360. The molecule has 48 valence electrons. The Morgan fingerprint density at radius 1 is 1.78 bits per heavy atom. The molecule has 1 aromatic rings. The maximum atomic E-state index is 10.8. The first-order chi connectivity index (χ1) is 4.22. The molecule has 0 aliphatic rings. The molecular weight excluding hydrogens is 138 g/mol. The van der Waals surface area contributed by atoms with Crippen LogP contribution in [-0.2, 0) is 0 Å². The molecule has 0 amide bonds. The van der Waals surface area contributed by atoms with Crippen molar-refractivity contribution in [3.05, 3.63) is 22.1 Å². The van der Waals surface area contributed by atoms with E-state index in [-0.39, 0.29) is 5.56 Å². The average Bonchev–Trinajstić information content (AvgIpc) is 1.83. The molecule has 0 aliphatic carbocycles. The smallest absolute Gasteiger partial charge is 0.266 e. The molecule has 0 fully saturated rings. The molecule has 0 N–H and O–H groups in total. The van der Waals surface area contributed by atoms with Gasteiger partial charge in [-0.3, -0.25) is 4.79 Å². The molecule has 4 nitrogen and oxygen atoms in total. The van der Waals surface area contributed by atoms with E-state index in [1.807, 2.05) is 0 Å². The lowest BCUT2D eigenvalue weighted by Gasteiger charge is -1.90. The van der Waals surface area contributed by atoms with Gasteiger partial charge < -0.3 is 0 Å². The predicted molar refractivity (Wildman–Crippen MR) is 35.4 cm³/mol. The highest BCUT2D eigenvalue weighted by atomic mass is 32.1. The zero-order valence-corrected chi connectivity index (χ0v) is 5.67. The summed E-state index contributed by atoms with van der Waals surface area (Å²) >= 11 is 3.70. The van der Waals surface area contributed by atoms with Gasteiger partial charge in [0.25, 0.3) is 5.56 Å². The number of rotatable bonds is 0. The van der Waals surface area contributed by atoms with Crippen molar-refractivity contribution < 1.29 is 0 Å². The molecule has 0 saturated carbocycles. The van der Waals surface area contributed by atoms with Crippen LogP contribution in [0, 0.1) is 6.92 Å². The summed E-state index contributed by atoms with van der Waals surface area (Å²) < 4.78 is 0.898. The lowest BCUT2D eigenvalue weighted by molar-refractivity contribution is 0.786. The highest BCUT2D eigenvalue weighted by Crippen LogP contribution is 1.80.